The van der Waals surface area contributed by atoms with Crippen LogP contribution in [-0.2, 0) is 20.6 Å². The molecule has 0 unspecified atom stereocenters. The van der Waals surface area contributed by atoms with E-state index in [1.54, 1.807) is 37.3 Å². The quantitative estimate of drug-likeness (QED) is 0.101. The highest BCUT2D eigenvalue weighted by Crippen LogP contribution is 2.31. The standard InChI is InChI=1S/C24H32N4O6/c1-4-30-15-32-21-13-18-12-19(25)9-7-11-20(27-28-26)10-6-8-17(3)34-24(29)23(18)22(14-21)33-16-31-5-2/h6-7,9-10,13-14,17,20,25H,4-5,8,11-12,15-16H2,1-3H3/b9-7+,10-6+,25-19?/t17-,20-/m1/s1. The molecule has 1 aliphatic rings. The normalized spacial score (nSPS) is 20.8. The van der Waals surface area contributed by atoms with Crippen molar-refractivity contribution in [2.45, 2.75) is 52.2 Å². The fourth-order valence-electron chi connectivity index (χ4n) is 3.16. The maximum Gasteiger partial charge on any atom is 0.342 e. The molecule has 2 atom stereocenters. The van der Waals surface area contributed by atoms with Crippen molar-refractivity contribution in [3.8, 4) is 11.5 Å². The Hall–Kier alpha value is -3.33. The second-order valence-electron chi connectivity index (χ2n) is 7.46. The summed E-state index contributed by atoms with van der Waals surface area (Å²) in [5, 5.41) is 12.2. The van der Waals surface area contributed by atoms with E-state index in [0.29, 0.717) is 37.4 Å². The fourth-order valence-corrected chi connectivity index (χ4v) is 3.16. The predicted molar refractivity (Wildman–Crippen MR) is 127 cm³/mol. The van der Waals surface area contributed by atoms with E-state index in [2.05, 4.69) is 10.0 Å². The van der Waals surface area contributed by atoms with Gasteiger partial charge in [-0.1, -0.05) is 23.3 Å². The van der Waals surface area contributed by atoms with Crippen LogP contribution in [0.5, 0.6) is 11.5 Å². The minimum Gasteiger partial charge on any atom is -0.467 e. The van der Waals surface area contributed by atoms with Gasteiger partial charge in [0.1, 0.15) is 23.2 Å². The summed E-state index contributed by atoms with van der Waals surface area (Å²) < 4.78 is 27.7. The van der Waals surface area contributed by atoms with Crippen LogP contribution in [0, 0.1) is 5.41 Å². The van der Waals surface area contributed by atoms with Crippen molar-refractivity contribution in [1.82, 2.24) is 0 Å². The van der Waals surface area contributed by atoms with E-state index in [-0.39, 0.29) is 43.1 Å². The first-order chi connectivity index (χ1) is 16.5. The Labute approximate surface area is 199 Å². The molecular formula is C24H32N4O6. The van der Waals surface area contributed by atoms with Crippen molar-refractivity contribution in [3.63, 3.8) is 0 Å². The molecule has 10 nitrogen and oxygen atoms in total. The zero-order valence-corrected chi connectivity index (χ0v) is 19.9. The molecule has 34 heavy (non-hydrogen) atoms. The number of hydrogen-bond donors (Lipinski definition) is 1. The van der Waals surface area contributed by atoms with E-state index < -0.39 is 12.1 Å². The minimum atomic E-state index is -0.570. The number of carbonyl (C=O) groups excluding carboxylic acids is 1. The van der Waals surface area contributed by atoms with Gasteiger partial charge in [-0.25, -0.2) is 4.79 Å². The maximum absolute atomic E-state index is 13.2. The van der Waals surface area contributed by atoms with Crippen LogP contribution in [0.3, 0.4) is 0 Å². The largest absolute Gasteiger partial charge is 0.467 e. The first-order valence-corrected chi connectivity index (χ1v) is 11.2. The van der Waals surface area contributed by atoms with Gasteiger partial charge in [0, 0.05) is 42.7 Å². The molecule has 0 amide bonds. The maximum atomic E-state index is 13.2. The number of carbonyl (C=O) groups is 1. The molecule has 1 aliphatic heterocycles. The summed E-state index contributed by atoms with van der Waals surface area (Å²) in [5.74, 6) is 0.112. The van der Waals surface area contributed by atoms with E-state index in [9.17, 15) is 4.79 Å². The zero-order valence-electron chi connectivity index (χ0n) is 19.9. The Bertz CT molecular complexity index is 940. The van der Waals surface area contributed by atoms with E-state index in [0.717, 1.165) is 0 Å². The number of azide groups is 1. The van der Waals surface area contributed by atoms with Gasteiger partial charge in [-0.2, -0.15) is 0 Å². The third-order valence-electron chi connectivity index (χ3n) is 4.79. The number of nitrogens with one attached hydrogen (secondary N) is 1. The van der Waals surface area contributed by atoms with Crippen LogP contribution < -0.4 is 9.47 Å². The molecule has 0 aliphatic carbocycles. The zero-order chi connectivity index (χ0) is 24.8. The Balaban J connectivity index is 2.47. The molecule has 0 bridgehead atoms. The number of fused-ring (bicyclic) bond motifs is 1. The molecule has 0 saturated heterocycles. The number of allylic oxidation sites excluding steroid dienone is 1. The highest BCUT2D eigenvalue weighted by Gasteiger charge is 2.24. The summed E-state index contributed by atoms with van der Waals surface area (Å²) in [4.78, 5) is 16.1. The Morgan fingerprint density at radius 1 is 1.15 bits per heavy atom. The fraction of sp³-hybridized carbons (Fsp3) is 0.500. The first kappa shape index (κ1) is 26.9. The molecule has 1 N–H and O–H groups in total. The van der Waals surface area contributed by atoms with Crippen LogP contribution in [0.4, 0.5) is 0 Å². The van der Waals surface area contributed by atoms with Crippen molar-refractivity contribution in [2.75, 3.05) is 26.8 Å². The van der Waals surface area contributed by atoms with Crippen molar-refractivity contribution < 1.29 is 28.5 Å². The molecule has 1 aromatic rings. The number of rotatable bonds is 9. The van der Waals surface area contributed by atoms with Gasteiger partial charge in [0.15, 0.2) is 13.6 Å². The van der Waals surface area contributed by atoms with E-state index in [1.807, 2.05) is 19.9 Å². The minimum absolute atomic E-state index is 0.0339. The summed E-state index contributed by atoms with van der Waals surface area (Å²) in [6.45, 7) is 6.39. The molecule has 0 radical (unpaired) electrons. The Morgan fingerprint density at radius 2 is 1.88 bits per heavy atom. The molecule has 184 valence electrons. The number of nitrogens with zero attached hydrogens (tertiary/aromatic N) is 3. The number of hydrogen-bond acceptors (Lipinski definition) is 8. The van der Waals surface area contributed by atoms with Gasteiger partial charge in [-0.15, -0.1) is 0 Å². The van der Waals surface area contributed by atoms with Gasteiger partial charge < -0.3 is 29.1 Å². The van der Waals surface area contributed by atoms with Crippen LogP contribution in [-0.4, -0.2) is 50.6 Å². The van der Waals surface area contributed by atoms with Crippen LogP contribution in [0.2, 0.25) is 0 Å². The molecule has 1 aromatic carbocycles. The predicted octanol–water partition coefficient (Wildman–Crippen LogP) is 5.12. The second-order valence-corrected chi connectivity index (χ2v) is 7.46. The van der Waals surface area contributed by atoms with Gasteiger partial charge in [0.2, 0.25) is 0 Å². The van der Waals surface area contributed by atoms with Crippen LogP contribution in [0.1, 0.15) is 49.5 Å². The van der Waals surface area contributed by atoms with Gasteiger partial charge in [-0.3, -0.25) is 0 Å². The van der Waals surface area contributed by atoms with Crippen molar-refractivity contribution in [1.29, 1.82) is 5.41 Å². The molecular weight excluding hydrogens is 440 g/mol. The highest BCUT2D eigenvalue weighted by atomic mass is 16.7. The molecule has 1 heterocycles. The van der Waals surface area contributed by atoms with Crippen LogP contribution in [0.25, 0.3) is 10.4 Å². The lowest BCUT2D eigenvalue weighted by molar-refractivity contribution is 0.0161. The van der Waals surface area contributed by atoms with E-state index in [4.69, 9.17) is 34.6 Å². The molecule has 10 heteroatoms. The smallest absolute Gasteiger partial charge is 0.342 e. The van der Waals surface area contributed by atoms with Crippen molar-refractivity contribution >= 4 is 11.7 Å². The lowest BCUT2D eigenvalue weighted by atomic mass is 9.99. The molecule has 0 spiro atoms. The molecule has 2 rings (SSSR count). The second kappa shape index (κ2) is 14.7. The summed E-state index contributed by atoms with van der Waals surface area (Å²) in [7, 11) is 0. The van der Waals surface area contributed by atoms with Gasteiger partial charge in [0.25, 0.3) is 0 Å². The lowest BCUT2D eigenvalue weighted by Gasteiger charge is -2.19. The SMILES string of the molecule is CCOCOc1cc2c(c(OCOCC)c1)C(=O)O[C@H](C)C/C=C/[C@@H](N=[N+]=[N-])C/C=C/C(=N)C2. The Kier molecular flexibility index (Phi) is 11.7. The monoisotopic (exact) mass is 472 g/mol. The Morgan fingerprint density at radius 3 is 2.59 bits per heavy atom. The summed E-state index contributed by atoms with van der Waals surface area (Å²) in [6.07, 6.45) is 7.60. The summed E-state index contributed by atoms with van der Waals surface area (Å²) in [6, 6.07) is 2.89. The average molecular weight is 473 g/mol. The van der Waals surface area contributed by atoms with Crippen molar-refractivity contribution in [3.05, 3.63) is 58.0 Å². The number of benzene rings is 1. The van der Waals surface area contributed by atoms with E-state index >= 15 is 0 Å². The van der Waals surface area contributed by atoms with E-state index in [1.165, 1.54) is 0 Å². The van der Waals surface area contributed by atoms with Crippen LogP contribution in [0.15, 0.2) is 41.6 Å². The average Bonchev–Trinajstić information content (AvgIpc) is 2.78. The lowest BCUT2D eigenvalue weighted by Crippen LogP contribution is -2.19. The molecule has 0 aromatic heterocycles. The van der Waals surface area contributed by atoms with Gasteiger partial charge in [-0.05, 0) is 50.4 Å². The van der Waals surface area contributed by atoms with Gasteiger partial charge >= 0.3 is 5.97 Å². The number of esters is 1. The first-order valence-electron chi connectivity index (χ1n) is 11.2. The third kappa shape index (κ3) is 8.90. The number of ether oxygens (including phenoxy) is 5. The molecule has 0 fully saturated rings. The third-order valence-corrected chi connectivity index (χ3v) is 4.79. The summed E-state index contributed by atoms with van der Waals surface area (Å²) in [5.41, 5.74) is 9.79. The van der Waals surface area contributed by atoms with Gasteiger partial charge in [0.05, 0.1) is 6.04 Å². The number of cyclic esters (lactones) is 1. The summed E-state index contributed by atoms with van der Waals surface area (Å²) >= 11 is 0. The highest BCUT2D eigenvalue weighted by molar-refractivity contribution is 5.99. The van der Waals surface area contributed by atoms with Crippen LogP contribution >= 0.6 is 0 Å². The topological polar surface area (TPSA) is 136 Å². The van der Waals surface area contributed by atoms with Crippen molar-refractivity contribution in [2.24, 2.45) is 5.11 Å². The molecule has 0 saturated carbocycles.